The van der Waals surface area contributed by atoms with E-state index in [1.165, 1.54) is 22.3 Å². The van der Waals surface area contributed by atoms with Crippen molar-refractivity contribution in [3.63, 3.8) is 0 Å². The van der Waals surface area contributed by atoms with Crippen molar-refractivity contribution in [1.29, 1.82) is 0 Å². The van der Waals surface area contributed by atoms with Gasteiger partial charge in [0.05, 0.1) is 0 Å². The van der Waals surface area contributed by atoms with Crippen LogP contribution in [0.25, 0.3) is 0 Å². The summed E-state index contributed by atoms with van der Waals surface area (Å²) in [6, 6.07) is 20.0. The molecule has 2 aliphatic rings. The Morgan fingerprint density at radius 1 is 0.300 bits per heavy atom. The van der Waals surface area contributed by atoms with Crippen LogP contribution in [0.1, 0.15) is 66.8 Å². The largest absolute Gasteiger partial charge is 0.172 e. The minimum absolute atomic E-state index is 0.0298. The fourth-order valence-electron chi connectivity index (χ4n) is 8.88. The highest BCUT2D eigenvalue weighted by Gasteiger charge is 2.96. The highest BCUT2D eigenvalue weighted by atomic mass is 32.8. The minimum Gasteiger partial charge on any atom is -0.0818 e. The lowest BCUT2D eigenvalue weighted by molar-refractivity contribution is 1.34. The van der Waals surface area contributed by atoms with E-state index in [-0.39, 0.29) is 13.4 Å². The van der Waals surface area contributed by atoms with Gasteiger partial charge >= 0.3 is 0 Å². The molecule has 4 heteroatoms. The van der Waals surface area contributed by atoms with Gasteiger partial charge in [0.1, 0.15) is 0 Å². The fourth-order valence-corrected chi connectivity index (χ4v) is 116. The predicted molar refractivity (Wildman–Crippen MR) is 186 cm³/mol. The molecule has 0 atom stereocenters. The van der Waals surface area contributed by atoms with Gasteiger partial charge in [-0.2, -0.15) is 0 Å². The lowest BCUT2D eigenvalue weighted by Crippen LogP contribution is -2.64. The van der Waals surface area contributed by atoms with Crippen molar-refractivity contribution in [2.24, 2.45) is 0 Å². The SMILES string of the molecule is Cc1cc(C)c([Si]2(c3c(C)cc(C)cc3C)P3P2[Si]3(c2c(C)cc(C)cc2C)c2c(C)cc(C)cc2C)c(C)c1. The molecule has 0 amide bonds. The smallest absolute Gasteiger partial charge is 0.0818 e. The third kappa shape index (κ3) is 3.69. The van der Waals surface area contributed by atoms with Crippen LogP contribution in [0.4, 0.5) is 0 Å². The Hall–Kier alpha value is -1.83. The maximum absolute atomic E-state index is 2.49. The average molecular weight is 595 g/mol. The second-order valence-electron chi connectivity index (χ2n) is 13.1. The first-order valence-corrected chi connectivity index (χ1v) is 25.5. The molecule has 4 aromatic rings. The van der Waals surface area contributed by atoms with Crippen LogP contribution in [0.3, 0.4) is 0 Å². The molecular formula is C36H44P2Si2. The van der Waals surface area contributed by atoms with Gasteiger partial charge in [-0.1, -0.05) is 129 Å². The van der Waals surface area contributed by atoms with Crippen LogP contribution < -0.4 is 20.7 Å². The molecule has 6 rings (SSSR count). The number of benzene rings is 4. The molecule has 2 saturated heterocycles. The summed E-state index contributed by atoms with van der Waals surface area (Å²) in [6.07, 6.45) is 0. The van der Waals surface area contributed by atoms with Crippen molar-refractivity contribution in [3.8, 4) is 0 Å². The topological polar surface area (TPSA) is 0 Å². The first kappa shape index (κ1) is 28.3. The fraction of sp³-hybridized carbons (Fsp3) is 0.333. The summed E-state index contributed by atoms with van der Waals surface area (Å²) in [6.45, 7) is 28.5. The van der Waals surface area contributed by atoms with E-state index in [2.05, 4.69) is 132 Å². The van der Waals surface area contributed by atoms with E-state index in [0.717, 1.165) is 0 Å². The summed E-state index contributed by atoms with van der Waals surface area (Å²) >= 11 is 0. The second-order valence-corrected chi connectivity index (χ2v) is 44.1. The van der Waals surface area contributed by atoms with Gasteiger partial charge in [-0.3, -0.25) is 0 Å². The van der Waals surface area contributed by atoms with Crippen molar-refractivity contribution in [3.05, 3.63) is 115 Å². The first-order chi connectivity index (χ1) is 18.8. The molecule has 0 saturated carbocycles. The monoisotopic (exact) mass is 594 g/mol. The Morgan fingerprint density at radius 3 is 0.600 bits per heavy atom. The van der Waals surface area contributed by atoms with Crippen molar-refractivity contribution in [2.75, 3.05) is 0 Å². The Balaban J connectivity index is 1.71. The Labute approximate surface area is 246 Å². The molecule has 0 spiro atoms. The summed E-state index contributed by atoms with van der Waals surface area (Å²) < 4.78 is 0. The molecule has 0 unspecified atom stereocenters. The molecule has 0 nitrogen and oxygen atoms in total. The molecule has 0 aliphatic carbocycles. The van der Waals surface area contributed by atoms with Gasteiger partial charge in [0.2, 0.25) is 0 Å². The van der Waals surface area contributed by atoms with Gasteiger partial charge in [-0.25, -0.2) is 0 Å². The van der Waals surface area contributed by atoms with Crippen LogP contribution >= 0.6 is 13.4 Å². The highest BCUT2D eigenvalue weighted by Crippen LogP contribution is 3.21. The normalized spacial score (nSPS) is 19.9. The Kier molecular flexibility index (Phi) is 6.61. The Bertz CT molecular complexity index is 1400. The standard InChI is InChI=1S/C36H44P2Si2/c1-21-13-25(5)33(26(6)14-21)39(34-27(7)15-22(2)16-28(34)8)37-38(39)40(37,35-29(9)17-23(3)18-30(35)10)36-31(11)19-24(4)20-32(36)12/h13-20H,1-12H3. The molecule has 206 valence electrons. The summed E-state index contributed by atoms with van der Waals surface area (Å²) in [7, 11) is -3.73. The van der Waals surface area contributed by atoms with Crippen LogP contribution in [0.2, 0.25) is 0 Å². The van der Waals surface area contributed by atoms with Crippen LogP contribution in [-0.2, 0) is 0 Å². The molecule has 0 bridgehead atoms. The van der Waals surface area contributed by atoms with Gasteiger partial charge in [0, 0.05) is 0 Å². The van der Waals surface area contributed by atoms with Gasteiger partial charge in [0.25, 0.3) is 0 Å². The van der Waals surface area contributed by atoms with E-state index in [4.69, 9.17) is 0 Å². The van der Waals surface area contributed by atoms with E-state index < -0.39 is 14.8 Å². The Morgan fingerprint density at radius 2 is 0.450 bits per heavy atom. The molecule has 2 aliphatic heterocycles. The van der Waals surface area contributed by atoms with Gasteiger partial charge in [0.15, 0.2) is 14.8 Å². The maximum atomic E-state index is 2.49. The maximum Gasteiger partial charge on any atom is 0.172 e. The summed E-state index contributed by atoms with van der Waals surface area (Å²) in [4.78, 5) is 0. The molecule has 40 heavy (non-hydrogen) atoms. The third-order valence-corrected chi connectivity index (χ3v) is 72.0. The molecule has 2 heterocycles. The molecule has 2 fully saturated rings. The van der Waals surface area contributed by atoms with Gasteiger partial charge < -0.3 is 0 Å². The van der Waals surface area contributed by atoms with E-state index in [0.29, 0.717) is 0 Å². The van der Waals surface area contributed by atoms with Gasteiger partial charge in [-0.15, -0.1) is 0 Å². The molecule has 0 N–H and O–H groups in total. The lowest BCUT2D eigenvalue weighted by Gasteiger charge is -2.39. The van der Waals surface area contributed by atoms with Gasteiger partial charge in [-0.05, 0) is 104 Å². The average Bonchev–Trinajstić information content (AvgIpc) is 3.66. The number of fused-ring (bicyclic) bond motifs is 1. The number of rotatable bonds is 4. The minimum atomic E-state index is -1.86. The molecule has 0 radical (unpaired) electrons. The third-order valence-electron chi connectivity index (χ3n) is 9.45. The summed E-state index contributed by atoms with van der Waals surface area (Å²) in [5.74, 6) is 0. The predicted octanol–water partition coefficient (Wildman–Crippen LogP) is 8.11. The van der Waals surface area contributed by atoms with E-state index in [1.807, 2.05) is 20.7 Å². The zero-order chi connectivity index (χ0) is 29.0. The van der Waals surface area contributed by atoms with Crippen LogP contribution in [0.15, 0.2) is 48.5 Å². The number of hydrogen-bond donors (Lipinski definition) is 0. The van der Waals surface area contributed by atoms with Crippen molar-refractivity contribution in [1.82, 2.24) is 0 Å². The zero-order valence-corrected chi connectivity index (χ0v) is 30.3. The van der Waals surface area contributed by atoms with Crippen LogP contribution in [0.5, 0.6) is 0 Å². The molecular weight excluding hydrogens is 551 g/mol. The highest BCUT2D eigenvalue weighted by molar-refractivity contribution is 9.23. The summed E-state index contributed by atoms with van der Waals surface area (Å²) in [5.41, 5.74) is 18.2. The lowest BCUT2D eigenvalue weighted by atomic mass is 10.1. The number of hydrogen-bond acceptors (Lipinski definition) is 0. The van der Waals surface area contributed by atoms with Crippen LogP contribution in [0, 0.1) is 83.1 Å². The summed E-state index contributed by atoms with van der Waals surface area (Å²) in [5, 5.41) is 7.27. The number of aryl methyl sites for hydroxylation is 12. The molecule has 0 aromatic heterocycles. The van der Waals surface area contributed by atoms with Crippen molar-refractivity contribution >= 4 is 49.0 Å². The first-order valence-electron chi connectivity index (χ1n) is 14.7. The second kappa shape index (κ2) is 9.34. The molecule has 4 aromatic carbocycles. The van der Waals surface area contributed by atoms with E-state index in [9.17, 15) is 0 Å². The van der Waals surface area contributed by atoms with Crippen LogP contribution in [-0.4, -0.2) is 14.8 Å². The van der Waals surface area contributed by atoms with Crippen molar-refractivity contribution < 1.29 is 0 Å². The van der Waals surface area contributed by atoms with E-state index in [1.54, 1.807) is 44.5 Å². The van der Waals surface area contributed by atoms with E-state index >= 15 is 0 Å². The van der Waals surface area contributed by atoms with Crippen molar-refractivity contribution in [2.45, 2.75) is 83.1 Å². The quantitative estimate of drug-likeness (QED) is 0.165. The zero-order valence-electron chi connectivity index (χ0n) is 26.5.